The largest absolute Gasteiger partial charge is 0.480 e. The zero-order chi connectivity index (χ0) is 29.8. The molecule has 10 heteroatoms. The molecule has 10 nitrogen and oxygen atoms in total. The maximum absolute atomic E-state index is 12.9. The van der Waals surface area contributed by atoms with Crippen molar-refractivity contribution in [1.82, 2.24) is 5.32 Å². The predicted molar refractivity (Wildman–Crippen MR) is 150 cm³/mol. The lowest BCUT2D eigenvalue weighted by molar-refractivity contribution is -0.164. The highest BCUT2D eigenvalue weighted by atomic mass is 16.6. The number of carbonyl (C=O) groups is 4. The second kappa shape index (κ2) is 15.3. The van der Waals surface area contributed by atoms with Crippen molar-refractivity contribution in [2.75, 3.05) is 39.6 Å². The van der Waals surface area contributed by atoms with Gasteiger partial charge in [0.05, 0.1) is 32.2 Å². The second-order valence-electron chi connectivity index (χ2n) is 10.8. The van der Waals surface area contributed by atoms with Crippen LogP contribution in [-0.2, 0) is 38.1 Å². The Balaban J connectivity index is 1.49. The molecule has 0 heterocycles. The van der Waals surface area contributed by atoms with E-state index >= 15 is 0 Å². The SMILES string of the molecule is CC(C)(C)OC(=O)[C@@H](CCC(=O)NCCOCCOCC(=O)O)CC(=O)OCC1c2ccccc2-c2ccccc21. The fraction of sp³-hybridized carbons (Fsp3) is 0.484. The van der Waals surface area contributed by atoms with E-state index in [0.29, 0.717) is 0 Å². The number of esters is 2. The number of amides is 1. The van der Waals surface area contributed by atoms with Crippen LogP contribution in [0.3, 0.4) is 0 Å². The van der Waals surface area contributed by atoms with Gasteiger partial charge in [-0.1, -0.05) is 48.5 Å². The van der Waals surface area contributed by atoms with Crippen LogP contribution in [0.4, 0.5) is 0 Å². The third-order valence-electron chi connectivity index (χ3n) is 6.41. The van der Waals surface area contributed by atoms with Crippen LogP contribution in [0, 0.1) is 5.92 Å². The van der Waals surface area contributed by atoms with Crippen molar-refractivity contribution in [3.05, 3.63) is 59.7 Å². The van der Waals surface area contributed by atoms with E-state index in [1.165, 1.54) is 0 Å². The summed E-state index contributed by atoms with van der Waals surface area (Å²) in [4.78, 5) is 48.6. The number of hydrogen-bond acceptors (Lipinski definition) is 8. The Hall–Kier alpha value is -3.76. The van der Waals surface area contributed by atoms with Gasteiger partial charge in [0.1, 0.15) is 18.8 Å². The van der Waals surface area contributed by atoms with Crippen LogP contribution in [0.5, 0.6) is 0 Å². The van der Waals surface area contributed by atoms with Gasteiger partial charge in [-0.05, 0) is 49.4 Å². The molecule has 0 aliphatic heterocycles. The number of ether oxygens (including phenoxy) is 4. The highest BCUT2D eigenvalue weighted by Gasteiger charge is 2.31. The fourth-order valence-corrected chi connectivity index (χ4v) is 4.60. The van der Waals surface area contributed by atoms with Gasteiger partial charge in [-0.3, -0.25) is 14.4 Å². The van der Waals surface area contributed by atoms with Gasteiger partial charge in [0.25, 0.3) is 0 Å². The number of hydrogen-bond donors (Lipinski definition) is 2. The van der Waals surface area contributed by atoms with E-state index in [9.17, 15) is 19.2 Å². The molecular formula is C31H39NO9. The van der Waals surface area contributed by atoms with Crippen LogP contribution < -0.4 is 5.32 Å². The van der Waals surface area contributed by atoms with Gasteiger partial charge in [-0.25, -0.2) is 4.79 Å². The van der Waals surface area contributed by atoms with Crippen LogP contribution in [-0.4, -0.2) is 74.1 Å². The summed E-state index contributed by atoms with van der Waals surface area (Å²) in [6.45, 7) is 5.78. The third-order valence-corrected chi connectivity index (χ3v) is 6.41. The molecule has 41 heavy (non-hydrogen) atoms. The number of carboxylic acids is 1. The summed E-state index contributed by atoms with van der Waals surface area (Å²) in [7, 11) is 0. The smallest absolute Gasteiger partial charge is 0.329 e. The Morgan fingerprint density at radius 1 is 0.902 bits per heavy atom. The minimum absolute atomic E-state index is 0.0162. The number of fused-ring (bicyclic) bond motifs is 3. The standard InChI is InChI=1S/C31H39NO9/c1-31(2,3)41-30(37)21(12-13-27(33)32-14-15-38-16-17-39-20-28(34)35)18-29(36)40-19-26-24-10-6-4-8-22(24)23-9-5-7-11-25(23)26/h4-11,21,26H,12-20H2,1-3H3,(H,32,33)(H,34,35)/t21-/m0/s1. The quantitative estimate of drug-likeness (QED) is 0.229. The molecule has 0 bridgehead atoms. The summed E-state index contributed by atoms with van der Waals surface area (Å²) in [6.07, 6.45) is -0.0607. The molecule has 3 rings (SSSR count). The average molecular weight is 570 g/mol. The number of rotatable bonds is 16. The Labute approximate surface area is 240 Å². The summed E-state index contributed by atoms with van der Waals surface area (Å²) in [5, 5.41) is 11.2. The molecule has 0 unspecified atom stereocenters. The van der Waals surface area contributed by atoms with E-state index in [1.54, 1.807) is 20.8 Å². The number of carboxylic acid groups (broad SMARTS) is 1. The molecule has 0 fully saturated rings. The van der Waals surface area contributed by atoms with Gasteiger partial charge < -0.3 is 29.4 Å². The molecule has 0 aromatic heterocycles. The first-order valence-electron chi connectivity index (χ1n) is 13.8. The van der Waals surface area contributed by atoms with E-state index in [0.717, 1.165) is 22.3 Å². The predicted octanol–water partition coefficient (Wildman–Crippen LogP) is 3.70. The van der Waals surface area contributed by atoms with Crippen molar-refractivity contribution in [3.8, 4) is 11.1 Å². The zero-order valence-corrected chi connectivity index (χ0v) is 23.9. The summed E-state index contributed by atoms with van der Waals surface area (Å²) < 4.78 is 21.3. The molecule has 0 saturated heterocycles. The molecular weight excluding hydrogens is 530 g/mol. The van der Waals surface area contributed by atoms with Gasteiger partial charge in [0, 0.05) is 18.9 Å². The van der Waals surface area contributed by atoms with Gasteiger partial charge >= 0.3 is 17.9 Å². The van der Waals surface area contributed by atoms with Crippen molar-refractivity contribution >= 4 is 23.8 Å². The van der Waals surface area contributed by atoms with E-state index in [2.05, 4.69) is 17.4 Å². The Morgan fingerprint density at radius 2 is 1.51 bits per heavy atom. The molecule has 1 amide bonds. The van der Waals surface area contributed by atoms with Crippen LogP contribution in [0.15, 0.2) is 48.5 Å². The molecule has 222 valence electrons. The van der Waals surface area contributed by atoms with Crippen molar-refractivity contribution in [3.63, 3.8) is 0 Å². The minimum atomic E-state index is -1.06. The maximum Gasteiger partial charge on any atom is 0.329 e. The molecule has 0 spiro atoms. The Kier molecular flexibility index (Phi) is 11.9. The molecule has 2 aromatic carbocycles. The van der Waals surface area contributed by atoms with Crippen molar-refractivity contribution in [2.45, 2.75) is 51.6 Å². The lowest BCUT2D eigenvalue weighted by Crippen LogP contribution is -2.32. The number of aliphatic carboxylic acids is 1. The Bertz CT molecular complexity index is 1160. The van der Waals surface area contributed by atoms with Crippen LogP contribution in [0.1, 0.15) is 57.1 Å². The molecule has 2 aromatic rings. The van der Waals surface area contributed by atoms with Gasteiger partial charge in [-0.15, -0.1) is 0 Å². The van der Waals surface area contributed by atoms with Gasteiger partial charge in [0.2, 0.25) is 5.91 Å². The minimum Gasteiger partial charge on any atom is -0.480 e. The second-order valence-corrected chi connectivity index (χ2v) is 10.8. The first-order chi connectivity index (χ1) is 19.5. The van der Waals surface area contributed by atoms with E-state index in [1.807, 2.05) is 36.4 Å². The molecule has 2 N–H and O–H groups in total. The molecule has 1 atom stereocenters. The van der Waals surface area contributed by atoms with Crippen molar-refractivity contribution < 1.29 is 43.2 Å². The lowest BCUT2D eigenvalue weighted by Gasteiger charge is -2.24. The van der Waals surface area contributed by atoms with Crippen molar-refractivity contribution in [2.24, 2.45) is 5.92 Å². The Morgan fingerprint density at radius 3 is 2.12 bits per heavy atom. The maximum atomic E-state index is 12.9. The number of nitrogens with one attached hydrogen (secondary N) is 1. The van der Waals surface area contributed by atoms with Crippen molar-refractivity contribution in [1.29, 1.82) is 0 Å². The average Bonchev–Trinajstić information content (AvgIpc) is 3.23. The van der Waals surface area contributed by atoms with E-state index in [4.69, 9.17) is 24.1 Å². The molecule has 0 saturated carbocycles. The highest BCUT2D eigenvalue weighted by Crippen LogP contribution is 2.44. The molecule has 1 aliphatic carbocycles. The number of carbonyl (C=O) groups excluding carboxylic acids is 3. The fourth-order valence-electron chi connectivity index (χ4n) is 4.60. The van der Waals surface area contributed by atoms with E-state index in [-0.39, 0.29) is 64.1 Å². The monoisotopic (exact) mass is 569 g/mol. The molecule has 0 radical (unpaired) electrons. The van der Waals surface area contributed by atoms with Gasteiger partial charge in [-0.2, -0.15) is 0 Å². The summed E-state index contributed by atoms with van der Waals surface area (Å²) in [5.74, 6) is -3.36. The summed E-state index contributed by atoms with van der Waals surface area (Å²) in [6, 6.07) is 16.1. The first-order valence-corrected chi connectivity index (χ1v) is 13.8. The first kappa shape index (κ1) is 31.8. The van der Waals surface area contributed by atoms with Gasteiger partial charge in [0.15, 0.2) is 0 Å². The van der Waals surface area contributed by atoms with Crippen LogP contribution in [0.25, 0.3) is 11.1 Å². The normalized spacial score (nSPS) is 13.1. The van der Waals surface area contributed by atoms with Crippen LogP contribution in [0.2, 0.25) is 0 Å². The summed E-state index contributed by atoms with van der Waals surface area (Å²) in [5.41, 5.74) is 3.69. The molecule has 1 aliphatic rings. The van der Waals surface area contributed by atoms with E-state index < -0.39 is 36.0 Å². The third kappa shape index (κ3) is 10.3. The zero-order valence-electron chi connectivity index (χ0n) is 23.9. The topological polar surface area (TPSA) is 137 Å². The number of benzene rings is 2. The van der Waals surface area contributed by atoms with Crippen LogP contribution >= 0.6 is 0 Å². The summed E-state index contributed by atoms with van der Waals surface area (Å²) >= 11 is 0. The lowest BCUT2D eigenvalue weighted by atomic mass is 9.97. The highest BCUT2D eigenvalue weighted by molar-refractivity contribution is 5.82.